The Morgan fingerprint density at radius 3 is 2.46 bits per heavy atom. The molecule has 3 aromatic rings. The molecule has 4 nitrogen and oxygen atoms in total. The largest absolute Gasteiger partial charge is 0.348 e. The number of likely N-dealkylation sites (N-methyl/N-ethyl adjacent to an activating group) is 1. The van der Waals surface area contributed by atoms with Crippen LogP contribution in [0, 0.1) is 0 Å². The number of benzene rings is 2. The summed E-state index contributed by atoms with van der Waals surface area (Å²) in [5, 5.41) is 0.575. The van der Waals surface area contributed by atoms with Crippen molar-refractivity contribution in [1.29, 1.82) is 0 Å². The summed E-state index contributed by atoms with van der Waals surface area (Å²) >= 11 is 1.52. The van der Waals surface area contributed by atoms with Crippen molar-refractivity contribution >= 4 is 28.7 Å². The van der Waals surface area contributed by atoms with Gasteiger partial charge in [0.2, 0.25) is 5.91 Å². The van der Waals surface area contributed by atoms with Gasteiger partial charge in [0.1, 0.15) is 5.25 Å². The average molecular weight is 339 g/mol. The molecule has 1 amide bonds. The Kier molecular flexibility index (Phi) is 4.90. The first-order chi connectivity index (χ1) is 11.6. The van der Waals surface area contributed by atoms with Crippen LogP contribution in [0.15, 0.2) is 59.8 Å². The van der Waals surface area contributed by atoms with Crippen LogP contribution in [-0.4, -0.2) is 34.5 Å². The first-order valence-corrected chi connectivity index (χ1v) is 8.87. The van der Waals surface area contributed by atoms with Gasteiger partial charge in [-0.3, -0.25) is 4.79 Å². The first-order valence-electron chi connectivity index (χ1n) is 8.00. The van der Waals surface area contributed by atoms with Gasteiger partial charge in [0.15, 0.2) is 5.16 Å². The van der Waals surface area contributed by atoms with E-state index >= 15 is 0 Å². The number of nitrogens with zero attached hydrogens (tertiary/aromatic N) is 3. The molecule has 0 fully saturated rings. The summed E-state index contributed by atoms with van der Waals surface area (Å²) in [5.74, 6) is 0.0703. The Morgan fingerprint density at radius 2 is 1.79 bits per heavy atom. The number of fused-ring (bicyclic) bond motifs is 1. The number of aryl methyl sites for hydroxylation is 1. The number of carbonyl (C=O) groups excluding carboxylic acids is 1. The summed E-state index contributed by atoms with van der Waals surface area (Å²) < 4.78 is 2.17. The number of amides is 1. The lowest BCUT2D eigenvalue weighted by molar-refractivity contribution is -0.128. The molecule has 1 aromatic heterocycles. The molecule has 0 unspecified atom stereocenters. The zero-order chi connectivity index (χ0) is 17.1. The van der Waals surface area contributed by atoms with Crippen molar-refractivity contribution in [2.75, 3.05) is 14.1 Å². The highest BCUT2D eigenvalue weighted by atomic mass is 32.2. The van der Waals surface area contributed by atoms with Crippen molar-refractivity contribution in [1.82, 2.24) is 14.5 Å². The molecule has 3 rings (SSSR count). The van der Waals surface area contributed by atoms with E-state index in [1.807, 2.05) is 48.5 Å². The number of rotatable bonds is 5. The van der Waals surface area contributed by atoms with Gasteiger partial charge < -0.3 is 9.47 Å². The predicted molar refractivity (Wildman–Crippen MR) is 99.1 cm³/mol. The van der Waals surface area contributed by atoms with Gasteiger partial charge in [0, 0.05) is 20.6 Å². The number of hydrogen-bond acceptors (Lipinski definition) is 3. The summed E-state index contributed by atoms with van der Waals surface area (Å²) in [6, 6.07) is 18.0. The van der Waals surface area contributed by atoms with Crippen molar-refractivity contribution in [3.05, 3.63) is 60.2 Å². The monoisotopic (exact) mass is 339 g/mol. The summed E-state index contributed by atoms with van der Waals surface area (Å²) in [4.78, 5) is 19.1. The molecule has 0 aliphatic carbocycles. The van der Waals surface area contributed by atoms with E-state index in [0.717, 1.165) is 28.3 Å². The van der Waals surface area contributed by atoms with Crippen LogP contribution < -0.4 is 0 Å². The maximum absolute atomic E-state index is 12.7. The molecule has 124 valence electrons. The average Bonchev–Trinajstić information content (AvgIpc) is 2.96. The van der Waals surface area contributed by atoms with E-state index in [4.69, 9.17) is 4.98 Å². The van der Waals surface area contributed by atoms with Gasteiger partial charge >= 0.3 is 0 Å². The third-order valence-electron chi connectivity index (χ3n) is 3.93. The summed E-state index contributed by atoms with van der Waals surface area (Å²) in [6.45, 7) is 2.92. The van der Waals surface area contributed by atoms with Gasteiger partial charge in [-0.2, -0.15) is 0 Å². The minimum atomic E-state index is -0.302. The molecule has 0 bridgehead atoms. The Labute approximate surface area is 146 Å². The Bertz CT molecular complexity index is 842. The van der Waals surface area contributed by atoms with E-state index in [2.05, 4.69) is 17.6 Å². The molecular formula is C19H21N3OS. The highest BCUT2D eigenvalue weighted by Crippen LogP contribution is 2.37. The van der Waals surface area contributed by atoms with Crippen LogP contribution in [0.2, 0.25) is 0 Å². The summed E-state index contributed by atoms with van der Waals surface area (Å²) in [7, 11) is 3.59. The fourth-order valence-electron chi connectivity index (χ4n) is 2.68. The van der Waals surface area contributed by atoms with Gasteiger partial charge in [-0.15, -0.1) is 0 Å². The normalized spacial score (nSPS) is 12.3. The second-order valence-electron chi connectivity index (χ2n) is 5.77. The molecule has 0 saturated heterocycles. The van der Waals surface area contributed by atoms with Crippen LogP contribution in [0.1, 0.15) is 17.7 Å². The van der Waals surface area contributed by atoms with Gasteiger partial charge in [-0.1, -0.05) is 54.2 Å². The number of imidazole rings is 1. The smallest absolute Gasteiger partial charge is 0.240 e. The molecule has 5 heteroatoms. The number of aromatic nitrogens is 2. The molecule has 0 aliphatic heterocycles. The van der Waals surface area contributed by atoms with Crippen LogP contribution in [0.25, 0.3) is 11.0 Å². The SMILES string of the molecule is CCn1c(S[C@@H](C(=O)N(C)C)c2ccccc2)nc2ccccc21. The van der Waals surface area contributed by atoms with Crippen molar-refractivity contribution in [2.45, 2.75) is 23.9 Å². The quantitative estimate of drug-likeness (QED) is 0.660. The molecule has 0 N–H and O–H groups in total. The Morgan fingerprint density at radius 1 is 1.12 bits per heavy atom. The highest BCUT2D eigenvalue weighted by molar-refractivity contribution is 8.00. The van der Waals surface area contributed by atoms with Gasteiger partial charge in [-0.05, 0) is 24.6 Å². The van der Waals surface area contributed by atoms with E-state index in [-0.39, 0.29) is 11.2 Å². The fraction of sp³-hybridized carbons (Fsp3) is 0.263. The summed E-state index contributed by atoms with van der Waals surface area (Å²) in [6.07, 6.45) is 0. The molecule has 0 radical (unpaired) electrons. The van der Waals surface area contributed by atoms with Gasteiger partial charge in [0.05, 0.1) is 11.0 Å². The number of hydrogen-bond donors (Lipinski definition) is 0. The lowest BCUT2D eigenvalue weighted by Crippen LogP contribution is -2.27. The number of thioether (sulfide) groups is 1. The van der Waals surface area contributed by atoms with E-state index in [9.17, 15) is 4.79 Å². The third kappa shape index (κ3) is 3.17. The molecular weight excluding hydrogens is 318 g/mol. The van der Waals surface area contributed by atoms with E-state index < -0.39 is 0 Å². The van der Waals surface area contributed by atoms with Crippen molar-refractivity contribution < 1.29 is 4.79 Å². The highest BCUT2D eigenvalue weighted by Gasteiger charge is 2.26. The molecule has 0 spiro atoms. The molecule has 2 aromatic carbocycles. The fourth-order valence-corrected chi connectivity index (χ4v) is 4.00. The van der Waals surface area contributed by atoms with Crippen LogP contribution in [0.4, 0.5) is 0 Å². The molecule has 0 aliphatic rings. The lowest BCUT2D eigenvalue weighted by Gasteiger charge is -2.20. The zero-order valence-corrected chi connectivity index (χ0v) is 15.0. The molecule has 0 saturated carbocycles. The van der Waals surface area contributed by atoms with Crippen LogP contribution in [0.3, 0.4) is 0 Å². The van der Waals surface area contributed by atoms with Crippen molar-refractivity contribution in [3.63, 3.8) is 0 Å². The number of para-hydroxylation sites is 2. The number of carbonyl (C=O) groups is 1. The Balaban J connectivity index is 2.03. The second kappa shape index (κ2) is 7.09. The molecule has 24 heavy (non-hydrogen) atoms. The van der Waals surface area contributed by atoms with Crippen LogP contribution in [0.5, 0.6) is 0 Å². The van der Waals surface area contributed by atoms with Gasteiger partial charge in [-0.25, -0.2) is 4.98 Å². The summed E-state index contributed by atoms with van der Waals surface area (Å²) in [5.41, 5.74) is 3.06. The minimum absolute atomic E-state index is 0.0703. The first kappa shape index (κ1) is 16.6. The van der Waals surface area contributed by atoms with E-state index in [1.165, 1.54) is 11.8 Å². The molecule has 1 heterocycles. The van der Waals surface area contributed by atoms with Crippen LogP contribution >= 0.6 is 11.8 Å². The van der Waals surface area contributed by atoms with Gasteiger partial charge in [0.25, 0.3) is 0 Å². The van der Waals surface area contributed by atoms with Crippen molar-refractivity contribution in [2.24, 2.45) is 0 Å². The molecule has 1 atom stereocenters. The maximum atomic E-state index is 12.7. The lowest BCUT2D eigenvalue weighted by atomic mass is 10.1. The second-order valence-corrected chi connectivity index (χ2v) is 6.84. The maximum Gasteiger partial charge on any atom is 0.240 e. The Hall–Kier alpha value is -2.27. The predicted octanol–water partition coefficient (Wildman–Crippen LogP) is 3.98. The standard InChI is InChI=1S/C19H21N3OS/c1-4-22-16-13-9-8-12-15(16)20-19(22)24-17(18(23)21(2)3)14-10-6-5-7-11-14/h5-13,17H,4H2,1-3H3/t17-/m1/s1. The van der Waals surface area contributed by atoms with E-state index in [1.54, 1.807) is 19.0 Å². The van der Waals surface area contributed by atoms with Crippen molar-refractivity contribution in [3.8, 4) is 0 Å². The zero-order valence-electron chi connectivity index (χ0n) is 14.1. The van der Waals surface area contributed by atoms with Crippen LogP contribution in [-0.2, 0) is 11.3 Å². The van der Waals surface area contributed by atoms with E-state index in [0.29, 0.717) is 0 Å². The third-order valence-corrected chi connectivity index (χ3v) is 5.16. The topological polar surface area (TPSA) is 38.1 Å². The minimum Gasteiger partial charge on any atom is -0.348 e.